The van der Waals surface area contributed by atoms with E-state index in [9.17, 15) is 4.79 Å². The molecule has 0 fully saturated rings. The molecule has 1 amide bonds. The van der Waals surface area contributed by atoms with Crippen LogP contribution in [0.4, 0.5) is 11.6 Å². The lowest BCUT2D eigenvalue weighted by molar-refractivity contribution is -0.113. The van der Waals surface area contributed by atoms with Gasteiger partial charge in [0.2, 0.25) is 5.95 Å². The lowest BCUT2D eigenvalue weighted by Gasteiger charge is -2.29. The summed E-state index contributed by atoms with van der Waals surface area (Å²) in [5, 5.41) is 10.7. The van der Waals surface area contributed by atoms with Crippen LogP contribution in [0.5, 0.6) is 11.5 Å². The number of carbonyl (C=O) groups excluding carboxylic acids is 1. The van der Waals surface area contributed by atoms with Crippen LogP contribution in [0.15, 0.2) is 54.0 Å². The molecule has 4 rings (SSSR count). The number of nitrogens with one attached hydrogen (secondary N) is 2. The summed E-state index contributed by atoms with van der Waals surface area (Å²) in [5.74, 6) is 1.61. The lowest BCUT2D eigenvalue weighted by atomic mass is 9.94. The Morgan fingerprint density at radius 2 is 1.97 bits per heavy atom. The van der Waals surface area contributed by atoms with Crippen LogP contribution in [0.1, 0.15) is 36.6 Å². The van der Waals surface area contributed by atoms with Gasteiger partial charge in [-0.15, -0.1) is 0 Å². The van der Waals surface area contributed by atoms with Gasteiger partial charge in [0.1, 0.15) is 12.4 Å². The molecule has 8 heteroatoms. The molecule has 0 radical (unpaired) electrons. The molecule has 32 heavy (non-hydrogen) atoms. The Bertz CT molecular complexity index is 1200. The van der Waals surface area contributed by atoms with E-state index < -0.39 is 6.04 Å². The molecule has 8 nitrogen and oxygen atoms in total. The first-order valence-electron chi connectivity index (χ1n) is 10.5. The second-order valence-electron chi connectivity index (χ2n) is 7.71. The van der Waals surface area contributed by atoms with Crippen LogP contribution in [0.25, 0.3) is 0 Å². The SMILES string of the molecule is CCOc1cc([C@H]2C(C(=O)Nc3ccc(C)cc3C)=C(C)Nc3ncnn32)ccc1OC. The van der Waals surface area contributed by atoms with Crippen molar-refractivity contribution in [3.63, 3.8) is 0 Å². The number of benzene rings is 2. The fourth-order valence-corrected chi connectivity index (χ4v) is 3.97. The van der Waals surface area contributed by atoms with Crippen molar-refractivity contribution >= 4 is 17.5 Å². The van der Waals surface area contributed by atoms with Crippen molar-refractivity contribution in [1.82, 2.24) is 14.8 Å². The average molecular weight is 434 g/mol. The van der Waals surface area contributed by atoms with E-state index in [-0.39, 0.29) is 5.91 Å². The highest BCUT2D eigenvalue weighted by Gasteiger charge is 2.34. The number of aromatic nitrogens is 3. The van der Waals surface area contributed by atoms with Crippen LogP contribution < -0.4 is 20.1 Å². The molecule has 2 aromatic carbocycles. The Balaban J connectivity index is 1.78. The van der Waals surface area contributed by atoms with E-state index in [0.29, 0.717) is 35.3 Å². The molecular formula is C24H27N5O3. The zero-order chi connectivity index (χ0) is 22.8. The molecule has 0 spiro atoms. The highest BCUT2D eigenvalue weighted by atomic mass is 16.5. The number of rotatable bonds is 6. The minimum absolute atomic E-state index is 0.207. The number of hydrogen-bond acceptors (Lipinski definition) is 6. The molecule has 1 aliphatic heterocycles. The third-order valence-corrected chi connectivity index (χ3v) is 5.47. The molecule has 1 atom stereocenters. The second-order valence-corrected chi connectivity index (χ2v) is 7.71. The predicted molar refractivity (Wildman–Crippen MR) is 123 cm³/mol. The van der Waals surface area contributed by atoms with E-state index in [1.807, 2.05) is 64.1 Å². The molecule has 1 aromatic heterocycles. The number of hydrogen-bond donors (Lipinski definition) is 2. The summed E-state index contributed by atoms with van der Waals surface area (Å²) in [6.07, 6.45) is 1.47. The monoisotopic (exact) mass is 433 g/mol. The van der Waals surface area contributed by atoms with E-state index in [0.717, 1.165) is 22.4 Å². The molecule has 166 valence electrons. The van der Waals surface area contributed by atoms with Crippen molar-refractivity contribution in [2.45, 2.75) is 33.7 Å². The third-order valence-electron chi connectivity index (χ3n) is 5.47. The number of methoxy groups -OCH3 is 1. The van der Waals surface area contributed by atoms with Gasteiger partial charge in [0.15, 0.2) is 11.5 Å². The Morgan fingerprint density at radius 1 is 1.16 bits per heavy atom. The summed E-state index contributed by atoms with van der Waals surface area (Å²) < 4.78 is 12.9. The largest absolute Gasteiger partial charge is 0.493 e. The fraction of sp³-hybridized carbons (Fsp3) is 0.292. The number of anilines is 2. The van der Waals surface area contributed by atoms with Gasteiger partial charge in [0.25, 0.3) is 5.91 Å². The summed E-state index contributed by atoms with van der Waals surface area (Å²) >= 11 is 0. The molecule has 1 aliphatic rings. The highest BCUT2D eigenvalue weighted by molar-refractivity contribution is 6.06. The number of ether oxygens (including phenoxy) is 2. The molecule has 0 unspecified atom stereocenters. The van der Waals surface area contributed by atoms with Crippen LogP contribution in [0.2, 0.25) is 0 Å². The van der Waals surface area contributed by atoms with E-state index in [2.05, 4.69) is 20.7 Å². The first-order valence-corrected chi connectivity index (χ1v) is 10.5. The number of fused-ring (bicyclic) bond motifs is 1. The number of allylic oxidation sites excluding steroid dienone is 1. The van der Waals surface area contributed by atoms with Gasteiger partial charge < -0.3 is 20.1 Å². The van der Waals surface area contributed by atoms with E-state index in [1.165, 1.54) is 6.33 Å². The molecule has 0 saturated heterocycles. The van der Waals surface area contributed by atoms with Gasteiger partial charge in [-0.3, -0.25) is 4.79 Å². The molecular weight excluding hydrogens is 406 g/mol. The molecule has 0 bridgehead atoms. The maximum absolute atomic E-state index is 13.5. The molecule has 0 aliphatic carbocycles. The van der Waals surface area contributed by atoms with Gasteiger partial charge in [0.05, 0.1) is 19.3 Å². The van der Waals surface area contributed by atoms with Gasteiger partial charge in [-0.2, -0.15) is 10.1 Å². The maximum atomic E-state index is 13.5. The molecule has 2 heterocycles. The minimum Gasteiger partial charge on any atom is -0.493 e. The maximum Gasteiger partial charge on any atom is 0.255 e. The number of amides is 1. The van der Waals surface area contributed by atoms with E-state index >= 15 is 0 Å². The summed E-state index contributed by atoms with van der Waals surface area (Å²) in [5.41, 5.74) is 5.02. The average Bonchev–Trinajstić information content (AvgIpc) is 3.23. The fourth-order valence-electron chi connectivity index (χ4n) is 3.97. The lowest BCUT2D eigenvalue weighted by Crippen LogP contribution is -2.31. The van der Waals surface area contributed by atoms with Gasteiger partial charge >= 0.3 is 0 Å². The van der Waals surface area contributed by atoms with Gasteiger partial charge in [-0.25, -0.2) is 4.68 Å². The summed E-state index contributed by atoms with van der Waals surface area (Å²) in [7, 11) is 1.60. The number of nitrogens with zero attached hydrogens (tertiary/aromatic N) is 3. The van der Waals surface area contributed by atoms with Gasteiger partial charge in [0, 0.05) is 11.4 Å². The minimum atomic E-state index is -0.482. The van der Waals surface area contributed by atoms with Crippen LogP contribution in [0, 0.1) is 13.8 Å². The van der Waals surface area contributed by atoms with Crippen molar-refractivity contribution in [3.05, 3.63) is 70.7 Å². The Kier molecular flexibility index (Phi) is 5.85. The Hall–Kier alpha value is -3.81. The Morgan fingerprint density at radius 3 is 2.69 bits per heavy atom. The number of carbonyl (C=O) groups is 1. The predicted octanol–water partition coefficient (Wildman–Crippen LogP) is 4.23. The zero-order valence-corrected chi connectivity index (χ0v) is 18.9. The smallest absolute Gasteiger partial charge is 0.255 e. The third kappa shape index (κ3) is 3.91. The zero-order valence-electron chi connectivity index (χ0n) is 18.9. The summed E-state index contributed by atoms with van der Waals surface area (Å²) in [4.78, 5) is 17.8. The van der Waals surface area contributed by atoms with Crippen LogP contribution in [-0.2, 0) is 4.79 Å². The molecule has 2 N–H and O–H groups in total. The second kappa shape index (κ2) is 8.74. The van der Waals surface area contributed by atoms with Crippen LogP contribution in [-0.4, -0.2) is 34.4 Å². The van der Waals surface area contributed by atoms with Crippen LogP contribution in [0.3, 0.4) is 0 Å². The van der Waals surface area contributed by atoms with Crippen molar-refractivity contribution in [3.8, 4) is 11.5 Å². The molecule has 3 aromatic rings. The number of aryl methyl sites for hydroxylation is 2. The Labute approximate surface area is 187 Å². The van der Waals surface area contributed by atoms with Crippen LogP contribution >= 0.6 is 0 Å². The molecule has 0 saturated carbocycles. The van der Waals surface area contributed by atoms with E-state index in [4.69, 9.17) is 9.47 Å². The first kappa shape index (κ1) is 21.4. The van der Waals surface area contributed by atoms with Gasteiger partial charge in [-0.1, -0.05) is 23.8 Å². The van der Waals surface area contributed by atoms with Crippen molar-refractivity contribution < 1.29 is 14.3 Å². The van der Waals surface area contributed by atoms with Crippen molar-refractivity contribution in [2.24, 2.45) is 0 Å². The van der Waals surface area contributed by atoms with Crippen molar-refractivity contribution in [1.29, 1.82) is 0 Å². The standard InChI is InChI=1S/C24H27N5O3/c1-6-32-20-12-17(8-10-19(20)31-5)22-21(16(4)27-24-25-13-26-29(22)24)23(30)28-18-9-7-14(2)11-15(18)3/h7-13,22H,6H2,1-5H3,(H,28,30)(H,25,26,27)/t22-/m0/s1. The summed E-state index contributed by atoms with van der Waals surface area (Å²) in [6.45, 7) is 8.29. The highest BCUT2D eigenvalue weighted by Crippen LogP contribution is 2.39. The summed E-state index contributed by atoms with van der Waals surface area (Å²) in [6, 6.07) is 11.1. The van der Waals surface area contributed by atoms with Gasteiger partial charge in [-0.05, 0) is 57.0 Å². The normalized spacial score (nSPS) is 15.1. The first-order chi connectivity index (χ1) is 15.4. The topological polar surface area (TPSA) is 90.3 Å². The van der Waals surface area contributed by atoms with E-state index in [1.54, 1.807) is 11.8 Å². The quantitative estimate of drug-likeness (QED) is 0.605. The van der Waals surface area contributed by atoms with Crippen molar-refractivity contribution in [2.75, 3.05) is 24.4 Å².